The van der Waals surface area contributed by atoms with Crippen LogP contribution in [0.2, 0.25) is 0 Å². The Hall–Kier alpha value is -2.28. The number of hydrogen-bond acceptors (Lipinski definition) is 4. The first-order chi connectivity index (χ1) is 13.1. The van der Waals surface area contributed by atoms with Gasteiger partial charge < -0.3 is 10.2 Å². The van der Waals surface area contributed by atoms with Crippen molar-refractivity contribution in [1.82, 2.24) is 25.2 Å². The van der Waals surface area contributed by atoms with E-state index in [9.17, 15) is 9.18 Å². The fourth-order valence-corrected chi connectivity index (χ4v) is 3.73. The van der Waals surface area contributed by atoms with E-state index in [-0.39, 0.29) is 11.7 Å². The molecule has 1 aromatic carbocycles. The molecule has 2 heterocycles. The van der Waals surface area contributed by atoms with Crippen LogP contribution in [0.15, 0.2) is 24.3 Å². The molecule has 6 nitrogen and oxygen atoms in total. The number of carbonyl (C=O) groups is 1. The molecule has 1 N–H and O–H groups in total. The molecule has 1 amide bonds. The molecule has 2 fully saturated rings. The smallest absolute Gasteiger partial charge is 0.276 e. The summed E-state index contributed by atoms with van der Waals surface area (Å²) in [5.41, 5.74) is 2.21. The van der Waals surface area contributed by atoms with Gasteiger partial charge in [0.25, 0.3) is 5.91 Å². The first-order valence-corrected chi connectivity index (χ1v) is 9.78. The van der Waals surface area contributed by atoms with Crippen LogP contribution in [0.5, 0.6) is 0 Å². The van der Waals surface area contributed by atoms with Crippen molar-refractivity contribution in [3.8, 4) is 0 Å². The number of benzene rings is 1. The third-order valence-corrected chi connectivity index (χ3v) is 5.53. The second-order valence-corrected chi connectivity index (χ2v) is 7.70. The van der Waals surface area contributed by atoms with Gasteiger partial charge in [-0.3, -0.25) is 4.79 Å². The molecule has 0 bridgehead atoms. The van der Waals surface area contributed by atoms with E-state index in [1.807, 2.05) is 16.5 Å². The molecule has 0 spiro atoms. The summed E-state index contributed by atoms with van der Waals surface area (Å²) in [5, 5.41) is 11.9. The lowest BCUT2D eigenvalue weighted by Crippen LogP contribution is -2.33. The minimum Gasteiger partial charge on any atom is -0.333 e. The summed E-state index contributed by atoms with van der Waals surface area (Å²) in [6.45, 7) is 5.05. The van der Waals surface area contributed by atoms with Crippen LogP contribution in [0, 0.1) is 18.7 Å². The van der Waals surface area contributed by atoms with Crippen molar-refractivity contribution in [2.45, 2.75) is 45.2 Å². The van der Waals surface area contributed by atoms with Gasteiger partial charge in [-0.2, -0.15) is 0 Å². The summed E-state index contributed by atoms with van der Waals surface area (Å²) < 4.78 is 15.1. The Balaban J connectivity index is 1.53. The second kappa shape index (κ2) is 7.76. The van der Waals surface area contributed by atoms with E-state index in [4.69, 9.17) is 0 Å². The monoisotopic (exact) mass is 371 g/mol. The van der Waals surface area contributed by atoms with Gasteiger partial charge in [-0.1, -0.05) is 17.3 Å². The van der Waals surface area contributed by atoms with E-state index < -0.39 is 0 Å². The maximum absolute atomic E-state index is 13.2. The van der Waals surface area contributed by atoms with Crippen LogP contribution in [0.4, 0.5) is 4.39 Å². The van der Waals surface area contributed by atoms with Gasteiger partial charge in [-0.05, 0) is 69.3 Å². The average Bonchev–Trinajstić information content (AvgIpc) is 3.42. The van der Waals surface area contributed by atoms with Crippen LogP contribution in [0.3, 0.4) is 0 Å². The lowest BCUT2D eigenvalue weighted by atomic mass is 10.1. The van der Waals surface area contributed by atoms with Crippen molar-refractivity contribution in [2.75, 3.05) is 19.6 Å². The predicted molar refractivity (Wildman–Crippen MR) is 99.8 cm³/mol. The summed E-state index contributed by atoms with van der Waals surface area (Å²) in [6, 6.07) is 6.65. The van der Waals surface area contributed by atoms with E-state index in [1.54, 1.807) is 12.1 Å². The van der Waals surface area contributed by atoms with Crippen molar-refractivity contribution in [3.05, 3.63) is 47.0 Å². The second-order valence-electron chi connectivity index (χ2n) is 7.70. The van der Waals surface area contributed by atoms with Crippen molar-refractivity contribution in [1.29, 1.82) is 0 Å². The molecule has 1 aliphatic heterocycles. The molecule has 1 aromatic heterocycles. The van der Waals surface area contributed by atoms with Crippen LogP contribution in [0.1, 0.15) is 53.5 Å². The van der Waals surface area contributed by atoms with Crippen LogP contribution in [0.25, 0.3) is 0 Å². The maximum atomic E-state index is 13.2. The van der Waals surface area contributed by atoms with Crippen molar-refractivity contribution >= 4 is 5.91 Å². The van der Waals surface area contributed by atoms with Crippen LogP contribution in [-0.2, 0) is 6.54 Å². The number of nitrogens with zero attached hydrogens (tertiary/aromatic N) is 4. The lowest BCUT2D eigenvalue weighted by molar-refractivity contribution is 0.0728. The van der Waals surface area contributed by atoms with Crippen LogP contribution in [-0.4, -0.2) is 45.4 Å². The third kappa shape index (κ3) is 4.18. The molecule has 4 rings (SSSR count). The molecule has 1 saturated heterocycles. The molecule has 0 unspecified atom stereocenters. The normalized spacial score (nSPS) is 17.9. The zero-order chi connectivity index (χ0) is 18.8. The average molecular weight is 371 g/mol. The highest BCUT2D eigenvalue weighted by Gasteiger charge is 2.30. The van der Waals surface area contributed by atoms with Crippen LogP contribution < -0.4 is 5.32 Å². The molecule has 2 aliphatic rings. The first-order valence-electron chi connectivity index (χ1n) is 9.78. The molecule has 1 saturated carbocycles. The van der Waals surface area contributed by atoms with Crippen molar-refractivity contribution in [3.63, 3.8) is 0 Å². The van der Waals surface area contributed by atoms with Gasteiger partial charge in [0, 0.05) is 13.1 Å². The van der Waals surface area contributed by atoms with Crippen molar-refractivity contribution in [2.24, 2.45) is 5.92 Å². The summed E-state index contributed by atoms with van der Waals surface area (Å²) in [4.78, 5) is 15.1. The Labute approximate surface area is 158 Å². The van der Waals surface area contributed by atoms with Gasteiger partial charge in [0.15, 0.2) is 5.69 Å². The number of nitrogens with one attached hydrogen (secondary N) is 1. The maximum Gasteiger partial charge on any atom is 0.276 e. The lowest BCUT2D eigenvalue weighted by Gasteiger charge is -2.24. The summed E-state index contributed by atoms with van der Waals surface area (Å²) >= 11 is 0. The zero-order valence-corrected chi connectivity index (χ0v) is 15.7. The Kier molecular flexibility index (Phi) is 5.20. The highest BCUT2D eigenvalue weighted by atomic mass is 19.1. The summed E-state index contributed by atoms with van der Waals surface area (Å²) in [6.07, 6.45) is 4.32. The van der Waals surface area contributed by atoms with E-state index in [0.29, 0.717) is 24.2 Å². The van der Waals surface area contributed by atoms with Gasteiger partial charge in [0.05, 0.1) is 11.7 Å². The molecule has 1 aliphatic carbocycles. The Morgan fingerprint density at radius 2 is 1.93 bits per heavy atom. The first kappa shape index (κ1) is 18.1. The van der Waals surface area contributed by atoms with Gasteiger partial charge in [0.2, 0.25) is 0 Å². The minimum atomic E-state index is -0.264. The number of piperidine rings is 1. The zero-order valence-electron chi connectivity index (χ0n) is 15.7. The number of rotatable bonds is 6. The highest BCUT2D eigenvalue weighted by molar-refractivity contribution is 5.93. The quantitative estimate of drug-likeness (QED) is 0.848. The van der Waals surface area contributed by atoms with Gasteiger partial charge in [-0.15, -0.1) is 5.10 Å². The Morgan fingerprint density at radius 1 is 1.22 bits per heavy atom. The van der Waals surface area contributed by atoms with E-state index in [0.717, 1.165) is 56.6 Å². The van der Waals surface area contributed by atoms with E-state index >= 15 is 0 Å². The highest BCUT2D eigenvalue weighted by Crippen LogP contribution is 2.31. The summed E-state index contributed by atoms with van der Waals surface area (Å²) in [5.74, 6) is 0.220. The van der Waals surface area contributed by atoms with Crippen molar-refractivity contribution < 1.29 is 9.18 Å². The fourth-order valence-electron chi connectivity index (χ4n) is 3.73. The third-order valence-electron chi connectivity index (χ3n) is 5.53. The number of aromatic nitrogens is 3. The van der Waals surface area contributed by atoms with Gasteiger partial charge in [0.1, 0.15) is 5.82 Å². The molecule has 144 valence electrons. The number of amides is 1. The summed E-state index contributed by atoms with van der Waals surface area (Å²) in [7, 11) is 0. The minimum absolute atomic E-state index is 0.0797. The van der Waals surface area contributed by atoms with Gasteiger partial charge in [-0.25, -0.2) is 9.07 Å². The van der Waals surface area contributed by atoms with Crippen LogP contribution >= 0.6 is 0 Å². The fraction of sp³-hybridized carbons (Fsp3) is 0.550. The SMILES string of the molecule is Cc1c(C(=O)N(Cc2ccc(F)cc2)CC2CC2)nnn1C1CCNCC1. The molecule has 0 radical (unpaired) electrons. The molecule has 7 heteroatoms. The van der Waals surface area contributed by atoms with E-state index in [2.05, 4.69) is 15.6 Å². The number of carbonyl (C=O) groups excluding carboxylic acids is 1. The van der Waals surface area contributed by atoms with Gasteiger partial charge >= 0.3 is 0 Å². The number of hydrogen-bond donors (Lipinski definition) is 1. The molecular formula is C20H26FN5O. The Bertz CT molecular complexity index is 793. The molecule has 2 aromatic rings. The molecular weight excluding hydrogens is 345 g/mol. The Morgan fingerprint density at radius 3 is 2.59 bits per heavy atom. The number of halogens is 1. The predicted octanol–water partition coefficient (Wildman–Crippen LogP) is 2.70. The molecule has 27 heavy (non-hydrogen) atoms. The topological polar surface area (TPSA) is 63.1 Å². The largest absolute Gasteiger partial charge is 0.333 e. The van der Waals surface area contributed by atoms with E-state index in [1.165, 1.54) is 12.1 Å². The molecule has 0 atom stereocenters. The standard InChI is InChI=1S/C20H26FN5O/c1-14-19(23-24-26(14)18-8-10-22-11-9-18)20(27)25(12-15-2-3-15)13-16-4-6-17(21)7-5-16/h4-7,15,18,22H,2-3,8-13H2,1H3.